The van der Waals surface area contributed by atoms with Crippen molar-refractivity contribution in [1.82, 2.24) is 9.97 Å². The zero-order chi connectivity index (χ0) is 11.9. The van der Waals surface area contributed by atoms with Gasteiger partial charge in [0.1, 0.15) is 5.56 Å². The van der Waals surface area contributed by atoms with Gasteiger partial charge in [0.25, 0.3) is 0 Å². The van der Waals surface area contributed by atoms with Crippen LogP contribution in [0.3, 0.4) is 0 Å². The third kappa shape index (κ3) is 1.54. The van der Waals surface area contributed by atoms with Crippen molar-refractivity contribution in [3.63, 3.8) is 0 Å². The number of fused-ring (bicyclic) bond motifs is 1. The van der Waals surface area contributed by atoms with Gasteiger partial charge >= 0.3 is 5.97 Å². The van der Waals surface area contributed by atoms with Crippen LogP contribution in [0, 0.1) is 12.2 Å². The number of aromatic nitrogens is 2. The normalized spacial score (nSPS) is 29.8. The second kappa shape index (κ2) is 3.79. The molecule has 0 aliphatic heterocycles. The number of carbonyl (C=O) groups is 1. The van der Waals surface area contributed by atoms with Gasteiger partial charge in [0.15, 0.2) is 6.33 Å². The standard InChI is InChI=1S/C13H15N2O2/c1-2-17-12(16)10-7-14-8-15-11(10)13-5-3-4-9(13)6-13/h7,9H,2-6H2,1H3. The Hall–Kier alpha value is -1.45. The molecule has 17 heavy (non-hydrogen) atoms. The highest BCUT2D eigenvalue weighted by Crippen LogP contribution is 2.64. The van der Waals surface area contributed by atoms with Crippen LogP contribution in [0.5, 0.6) is 0 Å². The summed E-state index contributed by atoms with van der Waals surface area (Å²) in [6.45, 7) is 2.19. The summed E-state index contributed by atoms with van der Waals surface area (Å²) in [7, 11) is 0. The van der Waals surface area contributed by atoms with Gasteiger partial charge < -0.3 is 4.74 Å². The maximum Gasteiger partial charge on any atom is 0.341 e. The number of hydrogen-bond donors (Lipinski definition) is 0. The van der Waals surface area contributed by atoms with E-state index in [0.717, 1.165) is 18.5 Å². The quantitative estimate of drug-likeness (QED) is 0.745. The molecule has 2 unspecified atom stereocenters. The van der Waals surface area contributed by atoms with E-state index in [4.69, 9.17) is 4.74 Å². The second-order valence-electron chi connectivity index (χ2n) is 4.90. The summed E-state index contributed by atoms with van der Waals surface area (Å²) in [4.78, 5) is 19.9. The highest BCUT2D eigenvalue weighted by atomic mass is 16.5. The van der Waals surface area contributed by atoms with Crippen molar-refractivity contribution in [3.8, 4) is 0 Å². The number of esters is 1. The molecule has 4 nitrogen and oxygen atoms in total. The van der Waals surface area contributed by atoms with Crippen LogP contribution in [-0.2, 0) is 10.2 Å². The summed E-state index contributed by atoms with van der Waals surface area (Å²) >= 11 is 0. The van der Waals surface area contributed by atoms with Crippen molar-refractivity contribution >= 4 is 5.97 Å². The molecule has 3 rings (SSSR count). The molecule has 2 aliphatic carbocycles. The van der Waals surface area contributed by atoms with Crippen molar-refractivity contribution < 1.29 is 9.53 Å². The molecule has 0 amide bonds. The molecular weight excluding hydrogens is 216 g/mol. The molecular formula is C13H15N2O2. The molecule has 1 aromatic heterocycles. The highest BCUT2D eigenvalue weighted by molar-refractivity contribution is 5.90. The van der Waals surface area contributed by atoms with Crippen LogP contribution >= 0.6 is 0 Å². The van der Waals surface area contributed by atoms with E-state index in [-0.39, 0.29) is 11.4 Å². The molecule has 4 heteroatoms. The van der Waals surface area contributed by atoms with Crippen LogP contribution < -0.4 is 0 Å². The average Bonchev–Trinajstić information content (AvgIpc) is 2.92. The molecule has 2 fully saturated rings. The van der Waals surface area contributed by atoms with E-state index < -0.39 is 0 Å². The van der Waals surface area contributed by atoms with Crippen LogP contribution in [0.15, 0.2) is 6.20 Å². The molecule has 1 aromatic rings. The molecule has 0 saturated heterocycles. The number of hydrogen-bond acceptors (Lipinski definition) is 4. The van der Waals surface area contributed by atoms with Crippen LogP contribution in [0.4, 0.5) is 0 Å². The lowest BCUT2D eigenvalue weighted by molar-refractivity contribution is 0.0522. The number of rotatable bonds is 3. The number of carbonyl (C=O) groups excluding carboxylic acids is 1. The maximum atomic E-state index is 11.9. The van der Waals surface area contributed by atoms with Crippen LogP contribution in [0.1, 0.15) is 48.7 Å². The van der Waals surface area contributed by atoms with Crippen molar-refractivity contribution in [3.05, 3.63) is 23.8 Å². The fourth-order valence-electron chi connectivity index (χ4n) is 3.17. The van der Waals surface area contributed by atoms with E-state index >= 15 is 0 Å². The van der Waals surface area contributed by atoms with E-state index in [2.05, 4.69) is 16.3 Å². The predicted octanol–water partition coefficient (Wildman–Crippen LogP) is 1.90. The third-order valence-corrected chi connectivity index (χ3v) is 4.04. The van der Waals surface area contributed by atoms with Gasteiger partial charge in [-0.3, -0.25) is 0 Å². The topological polar surface area (TPSA) is 52.1 Å². The first-order valence-electron chi connectivity index (χ1n) is 6.18. The van der Waals surface area contributed by atoms with Gasteiger partial charge in [-0.2, -0.15) is 0 Å². The van der Waals surface area contributed by atoms with E-state index in [1.807, 2.05) is 0 Å². The number of ether oxygens (including phenoxy) is 1. The van der Waals surface area contributed by atoms with Crippen LogP contribution in [-0.4, -0.2) is 22.5 Å². The number of nitrogens with zero attached hydrogens (tertiary/aromatic N) is 2. The third-order valence-electron chi connectivity index (χ3n) is 4.04. The Morgan fingerprint density at radius 1 is 1.71 bits per heavy atom. The fraction of sp³-hybridized carbons (Fsp3) is 0.615. The monoisotopic (exact) mass is 231 g/mol. The predicted molar refractivity (Wildman–Crippen MR) is 60.5 cm³/mol. The summed E-state index contributed by atoms with van der Waals surface area (Å²) in [5, 5.41) is 0. The van der Waals surface area contributed by atoms with Gasteiger partial charge in [0.2, 0.25) is 0 Å². The van der Waals surface area contributed by atoms with Crippen LogP contribution in [0.2, 0.25) is 0 Å². The Balaban J connectivity index is 1.97. The van der Waals surface area contributed by atoms with E-state index in [9.17, 15) is 4.79 Å². The van der Waals surface area contributed by atoms with Crippen molar-refractivity contribution in [2.75, 3.05) is 6.61 Å². The van der Waals surface area contributed by atoms with E-state index in [1.165, 1.54) is 12.8 Å². The van der Waals surface area contributed by atoms with Gasteiger partial charge in [0.05, 0.1) is 12.3 Å². The largest absolute Gasteiger partial charge is 0.462 e. The summed E-state index contributed by atoms with van der Waals surface area (Å²) in [5.74, 6) is 0.405. The Kier molecular flexibility index (Phi) is 2.38. The Bertz CT molecular complexity index is 460. The summed E-state index contributed by atoms with van der Waals surface area (Å²) in [6.07, 6.45) is 8.94. The first kappa shape index (κ1) is 10.7. The minimum absolute atomic E-state index is 0.140. The van der Waals surface area contributed by atoms with Crippen LogP contribution in [0.25, 0.3) is 0 Å². The smallest absolute Gasteiger partial charge is 0.341 e. The zero-order valence-corrected chi connectivity index (χ0v) is 9.90. The average molecular weight is 231 g/mol. The minimum atomic E-state index is -0.302. The first-order chi connectivity index (χ1) is 8.28. The Morgan fingerprint density at radius 3 is 3.24 bits per heavy atom. The first-order valence-corrected chi connectivity index (χ1v) is 6.18. The van der Waals surface area contributed by atoms with Gasteiger partial charge in [-0.1, -0.05) is 6.42 Å². The fourth-order valence-corrected chi connectivity index (χ4v) is 3.17. The minimum Gasteiger partial charge on any atom is -0.462 e. The molecule has 2 atom stereocenters. The lowest BCUT2D eigenvalue weighted by Crippen LogP contribution is -2.17. The molecule has 1 heterocycles. The SMILES string of the molecule is CCOC(=O)c1cn[c]nc1C12CCCC1C2. The van der Waals surface area contributed by atoms with E-state index in [0.29, 0.717) is 18.1 Å². The van der Waals surface area contributed by atoms with Crippen molar-refractivity contribution in [1.29, 1.82) is 0 Å². The van der Waals surface area contributed by atoms with Gasteiger partial charge in [-0.05, 0) is 32.1 Å². The van der Waals surface area contributed by atoms with Gasteiger partial charge in [0, 0.05) is 11.6 Å². The maximum absolute atomic E-state index is 11.9. The molecule has 0 N–H and O–H groups in total. The van der Waals surface area contributed by atoms with Crippen molar-refractivity contribution in [2.45, 2.75) is 38.0 Å². The zero-order valence-electron chi connectivity index (χ0n) is 9.90. The molecule has 0 bridgehead atoms. The molecule has 2 saturated carbocycles. The lowest BCUT2D eigenvalue weighted by atomic mass is 9.95. The van der Waals surface area contributed by atoms with Gasteiger partial charge in [-0.15, -0.1) is 0 Å². The molecule has 0 aromatic carbocycles. The Labute approximate surface area is 100 Å². The van der Waals surface area contributed by atoms with E-state index in [1.54, 1.807) is 13.1 Å². The molecule has 1 radical (unpaired) electrons. The molecule has 89 valence electrons. The van der Waals surface area contributed by atoms with Crippen molar-refractivity contribution in [2.24, 2.45) is 5.92 Å². The molecule has 0 spiro atoms. The lowest BCUT2D eigenvalue weighted by Gasteiger charge is -2.14. The van der Waals surface area contributed by atoms with Gasteiger partial charge in [-0.25, -0.2) is 14.8 Å². The summed E-state index contributed by atoms with van der Waals surface area (Å²) < 4.78 is 5.06. The summed E-state index contributed by atoms with van der Waals surface area (Å²) in [5.41, 5.74) is 1.55. The Morgan fingerprint density at radius 2 is 2.59 bits per heavy atom. The second-order valence-corrected chi connectivity index (χ2v) is 4.90. The summed E-state index contributed by atoms with van der Waals surface area (Å²) in [6, 6.07) is 0. The molecule has 2 aliphatic rings. The highest BCUT2D eigenvalue weighted by Gasteiger charge is 2.60.